The zero-order valence-corrected chi connectivity index (χ0v) is 12.2. The molecule has 0 spiro atoms. The number of carboxylic acids is 1. The highest BCUT2D eigenvalue weighted by atomic mass is 32.1. The van der Waals surface area contributed by atoms with E-state index in [2.05, 4.69) is 5.32 Å². The lowest BCUT2D eigenvalue weighted by Gasteiger charge is -2.03. The molecule has 0 bridgehead atoms. The van der Waals surface area contributed by atoms with E-state index >= 15 is 0 Å². The van der Waals surface area contributed by atoms with E-state index in [4.69, 9.17) is 14.3 Å². The van der Waals surface area contributed by atoms with Gasteiger partial charge in [-0.2, -0.15) is 0 Å². The second kappa shape index (κ2) is 7.05. The number of thiophene rings is 1. The molecule has 0 aliphatic heterocycles. The maximum Gasteiger partial charge on any atom is 0.329 e. The van der Waals surface area contributed by atoms with Crippen molar-refractivity contribution in [1.82, 2.24) is 5.32 Å². The predicted octanol–water partition coefficient (Wildman–Crippen LogP) is 2.15. The summed E-state index contributed by atoms with van der Waals surface area (Å²) in [5.74, 6) is 0.313. The number of aryl methyl sites for hydroxylation is 1. The first-order valence-electron chi connectivity index (χ1n) is 6.30. The quantitative estimate of drug-likeness (QED) is 0.765. The molecule has 0 aliphatic carbocycles. The summed E-state index contributed by atoms with van der Waals surface area (Å²) in [6.07, 6.45) is 0. The van der Waals surface area contributed by atoms with Gasteiger partial charge < -0.3 is 19.6 Å². The molecular formula is C14H15NO5S. The Bertz CT molecular complexity index is 631. The van der Waals surface area contributed by atoms with Crippen molar-refractivity contribution in [3.05, 3.63) is 34.9 Å². The molecule has 0 atom stereocenters. The molecule has 7 heteroatoms. The van der Waals surface area contributed by atoms with E-state index in [1.54, 1.807) is 6.07 Å². The molecule has 2 aromatic rings. The molecule has 6 nitrogen and oxygen atoms in total. The third kappa shape index (κ3) is 4.44. The van der Waals surface area contributed by atoms with Gasteiger partial charge in [-0.25, -0.2) is 4.79 Å². The van der Waals surface area contributed by atoms with Crippen LogP contribution in [-0.2, 0) is 9.53 Å². The van der Waals surface area contributed by atoms with Gasteiger partial charge in [-0.1, -0.05) is 0 Å². The van der Waals surface area contributed by atoms with E-state index in [-0.39, 0.29) is 25.7 Å². The first-order valence-corrected chi connectivity index (χ1v) is 7.12. The highest BCUT2D eigenvalue weighted by Gasteiger charge is 2.11. The third-order valence-electron chi connectivity index (χ3n) is 2.57. The average molecular weight is 309 g/mol. The van der Waals surface area contributed by atoms with Crippen molar-refractivity contribution in [3.8, 4) is 10.6 Å². The normalized spacial score (nSPS) is 10.5. The van der Waals surface area contributed by atoms with Gasteiger partial charge in [0.05, 0.1) is 16.4 Å². The third-order valence-corrected chi connectivity index (χ3v) is 3.67. The van der Waals surface area contributed by atoms with Crippen LogP contribution in [0.5, 0.6) is 0 Å². The first-order chi connectivity index (χ1) is 10.1. The van der Waals surface area contributed by atoms with Crippen LogP contribution in [0.1, 0.15) is 15.4 Å². The molecule has 2 heterocycles. The number of hydrogen-bond acceptors (Lipinski definition) is 5. The van der Waals surface area contributed by atoms with Crippen LogP contribution in [0.3, 0.4) is 0 Å². The van der Waals surface area contributed by atoms with E-state index in [1.165, 1.54) is 11.3 Å². The number of furan rings is 1. The number of nitrogens with one attached hydrogen (secondary N) is 1. The summed E-state index contributed by atoms with van der Waals surface area (Å²) in [4.78, 5) is 23.6. The van der Waals surface area contributed by atoms with Crippen LogP contribution in [0.2, 0.25) is 0 Å². The molecular weight excluding hydrogens is 294 g/mol. The Kier molecular flexibility index (Phi) is 5.13. The van der Waals surface area contributed by atoms with Crippen molar-refractivity contribution < 1.29 is 23.8 Å². The Balaban J connectivity index is 1.83. The first kappa shape index (κ1) is 15.3. The van der Waals surface area contributed by atoms with E-state index in [1.807, 2.05) is 25.1 Å². The summed E-state index contributed by atoms with van der Waals surface area (Å²) in [5.41, 5.74) is 0. The largest absolute Gasteiger partial charge is 0.480 e. The van der Waals surface area contributed by atoms with Crippen LogP contribution in [0.25, 0.3) is 10.6 Å². The van der Waals surface area contributed by atoms with Crippen LogP contribution in [0, 0.1) is 6.92 Å². The average Bonchev–Trinajstić information content (AvgIpc) is 3.06. The molecule has 0 aromatic carbocycles. The monoisotopic (exact) mass is 309 g/mol. The zero-order valence-electron chi connectivity index (χ0n) is 11.4. The summed E-state index contributed by atoms with van der Waals surface area (Å²) >= 11 is 1.34. The van der Waals surface area contributed by atoms with Gasteiger partial charge in [0.1, 0.15) is 18.1 Å². The SMILES string of the molecule is Cc1ccc(-c2ccc(C(=O)NCCOCC(=O)O)s2)o1. The topological polar surface area (TPSA) is 88.8 Å². The smallest absolute Gasteiger partial charge is 0.329 e. The van der Waals surface area contributed by atoms with Crippen molar-refractivity contribution >= 4 is 23.2 Å². The van der Waals surface area contributed by atoms with Crippen LogP contribution in [-0.4, -0.2) is 36.7 Å². The Morgan fingerprint density at radius 3 is 2.81 bits per heavy atom. The fourth-order valence-corrected chi connectivity index (χ4v) is 2.53. The van der Waals surface area contributed by atoms with Gasteiger partial charge in [0.2, 0.25) is 0 Å². The summed E-state index contributed by atoms with van der Waals surface area (Å²) in [5, 5.41) is 11.1. The Morgan fingerprint density at radius 2 is 2.14 bits per heavy atom. The lowest BCUT2D eigenvalue weighted by molar-refractivity contribution is -0.142. The molecule has 2 aromatic heterocycles. The predicted molar refractivity (Wildman–Crippen MR) is 77.5 cm³/mol. The molecule has 0 unspecified atom stereocenters. The second-order valence-corrected chi connectivity index (χ2v) is 5.36. The van der Waals surface area contributed by atoms with E-state index < -0.39 is 5.97 Å². The van der Waals surface area contributed by atoms with E-state index in [9.17, 15) is 9.59 Å². The number of carbonyl (C=O) groups excluding carboxylic acids is 1. The summed E-state index contributed by atoms with van der Waals surface area (Å²) in [6, 6.07) is 7.29. The fourth-order valence-electron chi connectivity index (χ4n) is 1.64. The lowest BCUT2D eigenvalue weighted by atomic mass is 10.3. The van der Waals surface area contributed by atoms with Crippen molar-refractivity contribution in [2.75, 3.05) is 19.8 Å². The maximum absolute atomic E-state index is 11.9. The van der Waals surface area contributed by atoms with Gasteiger partial charge in [-0.15, -0.1) is 11.3 Å². The van der Waals surface area contributed by atoms with Gasteiger partial charge in [-0.05, 0) is 31.2 Å². The summed E-state index contributed by atoms with van der Waals surface area (Å²) in [6.45, 7) is 1.92. The van der Waals surface area contributed by atoms with Crippen LogP contribution in [0.4, 0.5) is 0 Å². The number of hydrogen-bond donors (Lipinski definition) is 2. The molecule has 2 rings (SSSR count). The number of rotatable bonds is 7. The van der Waals surface area contributed by atoms with Crippen LogP contribution in [0.15, 0.2) is 28.7 Å². The van der Waals surface area contributed by atoms with Crippen LogP contribution < -0.4 is 5.32 Å². The fraction of sp³-hybridized carbons (Fsp3) is 0.286. The van der Waals surface area contributed by atoms with E-state index in [0.29, 0.717) is 4.88 Å². The summed E-state index contributed by atoms with van der Waals surface area (Å²) < 4.78 is 10.3. The lowest BCUT2D eigenvalue weighted by Crippen LogP contribution is -2.27. The van der Waals surface area contributed by atoms with E-state index in [0.717, 1.165) is 16.4 Å². The number of aliphatic carboxylic acids is 1. The van der Waals surface area contributed by atoms with Crippen molar-refractivity contribution in [3.63, 3.8) is 0 Å². The van der Waals surface area contributed by atoms with Crippen molar-refractivity contribution in [2.24, 2.45) is 0 Å². The molecule has 0 fully saturated rings. The highest BCUT2D eigenvalue weighted by Crippen LogP contribution is 2.29. The number of carboxylic acid groups (broad SMARTS) is 1. The second-order valence-electron chi connectivity index (χ2n) is 4.28. The van der Waals surface area contributed by atoms with Crippen LogP contribution >= 0.6 is 11.3 Å². The minimum atomic E-state index is -1.03. The molecule has 0 saturated heterocycles. The van der Waals surface area contributed by atoms with Gasteiger partial charge in [0.15, 0.2) is 0 Å². The Labute approximate surface area is 125 Å². The Hall–Kier alpha value is -2.12. The number of amides is 1. The minimum Gasteiger partial charge on any atom is -0.480 e. The Morgan fingerprint density at radius 1 is 1.33 bits per heavy atom. The molecule has 0 aliphatic rings. The summed E-state index contributed by atoms with van der Waals surface area (Å²) in [7, 11) is 0. The minimum absolute atomic E-state index is 0.160. The van der Waals surface area contributed by atoms with Crippen molar-refractivity contribution in [2.45, 2.75) is 6.92 Å². The molecule has 1 amide bonds. The number of ether oxygens (including phenoxy) is 1. The van der Waals surface area contributed by atoms with Crippen molar-refractivity contribution in [1.29, 1.82) is 0 Å². The number of carbonyl (C=O) groups is 2. The van der Waals surface area contributed by atoms with Gasteiger partial charge in [-0.3, -0.25) is 4.79 Å². The van der Waals surface area contributed by atoms with Gasteiger partial charge in [0, 0.05) is 6.54 Å². The molecule has 0 saturated carbocycles. The van der Waals surface area contributed by atoms with Gasteiger partial charge in [0.25, 0.3) is 5.91 Å². The molecule has 21 heavy (non-hydrogen) atoms. The maximum atomic E-state index is 11.9. The molecule has 112 valence electrons. The van der Waals surface area contributed by atoms with Gasteiger partial charge >= 0.3 is 5.97 Å². The standard InChI is InChI=1S/C14H15NO5S/c1-9-2-3-10(20-9)11-4-5-12(21-11)14(18)15-6-7-19-8-13(16)17/h2-5H,6-8H2,1H3,(H,15,18)(H,16,17). The zero-order chi connectivity index (χ0) is 15.2. The highest BCUT2D eigenvalue weighted by molar-refractivity contribution is 7.17. The molecule has 0 radical (unpaired) electrons. The molecule has 2 N–H and O–H groups in total.